The third-order valence-corrected chi connectivity index (χ3v) is 6.21. The standard InChI is InChI=1S/C24H20F4N4O2/c1-13-16-11-15(25)3-5-19(16)31-12-32(21-6-7-22(33)30-18(21)8-9-29-13)23(34)17-10-14(24(26,27)28)2-4-20(17)31/h2-7,10-11,13,29H,8-9,12H2,1H3,(H,30,33). The molecule has 0 spiro atoms. The van der Waals surface area contributed by atoms with Crippen molar-refractivity contribution in [3.05, 3.63) is 87.1 Å². The van der Waals surface area contributed by atoms with Gasteiger partial charge in [-0.2, -0.15) is 13.2 Å². The molecule has 34 heavy (non-hydrogen) atoms. The molecule has 0 fully saturated rings. The Kier molecular flexibility index (Phi) is 5.20. The summed E-state index contributed by atoms with van der Waals surface area (Å²) in [6.07, 6.45) is -4.28. The topological polar surface area (TPSA) is 68.4 Å². The monoisotopic (exact) mass is 472 g/mol. The van der Waals surface area contributed by atoms with Crippen molar-refractivity contribution in [3.63, 3.8) is 0 Å². The van der Waals surface area contributed by atoms with E-state index < -0.39 is 23.5 Å². The summed E-state index contributed by atoms with van der Waals surface area (Å²) >= 11 is 0. The number of alkyl halides is 3. The number of fused-ring (bicyclic) bond motifs is 8. The number of aromatic amines is 1. The number of halogens is 4. The summed E-state index contributed by atoms with van der Waals surface area (Å²) in [4.78, 5) is 31.3. The van der Waals surface area contributed by atoms with E-state index in [0.717, 1.165) is 12.1 Å². The Morgan fingerprint density at radius 1 is 0.941 bits per heavy atom. The predicted octanol–water partition coefficient (Wildman–Crippen LogP) is 4.50. The Labute approximate surface area is 191 Å². The van der Waals surface area contributed by atoms with Gasteiger partial charge < -0.3 is 15.2 Å². The summed E-state index contributed by atoms with van der Waals surface area (Å²) in [5.74, 6) is -1.07. The molecular formula is C24H20F4N4O2. The summed E-state index contributed by atoms with van der Waals surface area (Å²) in [5.41, 5.74) is 0.904. The van der Waals surface area contributed by atoms with Gasteiger partial charge in [-0.3, -0.25) is 14.5 Å². The Morgan fingerprint density at radius 2 is 1.68 bits per heavy atom. The minimum Gasteiger partial charge on any atom is -0.324 e. The number of carbonyl (C=O) groups is 1. The molecular weight excluding hydrogens is 452 g/mol. The lowest BCUT2D eigenvalue weighted by Gasteiger charge is -2.39. The number of pyridine rings is 1. The van der Waals surface area contributed by atoms with E-state index in [-0.39, 0.29) is 23.8 Å². The molecule has 3 aromatic rings. The Hall–Kier alpha value is -3.66. The number of hydrogen-bond acceptors (Lipinski definition) is 4. The second-order valence-electron chi connectivity index (χ2n) is 8.35. The van der Waals surface area contributed by atoms with Crippen molar-refractivity contribution in [1.29, 1.82) is 0 Å². The van der Waals surface area contributed by atoms with Crippen LogP contribution in [0.25, 0.3) is 0 Å². The highest BCUT2D eigenvalue weighted by Gasteiger charge is 2.38. The molecule has 1 aromatic heterocycles. The first-order valence-electron chi connectivity index (χ1n) is 10.7. The van der Waals surface area contributed by atoms with Gasteiger partial charge in [0.2, 0.25) is 5.56 Å². The van der Waals surface area contributed by atoms with E-state index in [4.69, 9.17) is 0 Å². The first-order chi connectivity index (χ1) is 16.1. The number of aromatic nitrogens is 1. The highest BCUT2D eigenvalue weighted by atomic mass is 19.4. The van der Waals surface area contributed by atoms with Gasteiger partial charge in [0.25, 0.3) is 5.91 Å². The molecule has 0 radical (unpaired) electrons. The lowest BCUT2D eigenvalue weighted by Crippen LogP contribution is -2.46. The van der Waals surface area contributed by atoms with Gasteiger partial charge in [0.1, 0.15) is 12.5 Å². The molecule has 3 heterocycles. The normalized spacial score (nSPS) is 18.0. The molecule has 0 aliphatic carbocycles. The zero-order valence-corrected chi connectivity index (χ0v) is 18.0. The molecule has 176 valence electrons. The SMILES string of the molecule is CC1NCCc2[nH]c(=O)ccc2N2CN(c3ccc(C(F)(F)F)cc3C2=O)c2ccc(F)cc21. The molecule has 2 bridgehead atoms. The molecule has 1 amide bonds. The zero-order chi connectivity index (χ0) is 24.2. The van der Waals surface area contributed by atoms with Crippen LogP contribution in [-0.4, -0.2) is 24.1 Å². The average Bonchev–Trinajstić information content (AvgIpc) is 2.80. The fourth-order valence-electron chi connectivity index (χ4n) is 4.53. The molecule has 2 aliphatic heterocycles. The van der Waals surface area contributed by atoms with Gasteiger partial charge in [-0.25, -0.2) is 4.39 Å². The number of rotatable bonds is 0. The van der Waals surface area contributed by atoms with Crippen molar-refractivity contribution < 1.29 is 22.4 Å². The maximum Gasteiger partial charge on any atom is 0.416 e. The molecule has 0 saturated heterocycles. The Bertz CT molecular complexity index is 1350. The smallest absolute Gasteiger partial charge is 0.324 e. The fraction of sp³-hybridized carbons (Fsp3) is 0.250. The highest BCUT2D eigenvalue weighted by molar-refractivity contribution is 6.13. The Morgan fingerprint density at radius 3 is 2.44 bits per heavy atom. The molecule has 2 aliphatic rings. The number of H-pyrrole nitrogens is 1. The summed E-state index contributed by atoms with van der Waals surface area (Å²) < 4.78 is 54.7. The maximum absolute atomic E-state index is 14.2. The predicted molar refractivity (Wildman–Crippen MR) is 119 cm³/mol. The van der Waals surface area contributed by atoms with Gasteiger partial charge in [0, 0.05) is 36.5 Å². The van der Waals surface area contributed by atoms with Gasteiger partial charge in [0.15, 0.2) is 0 Å². The fourth-order valence-corrected chi connectivity index (χ4v) is 4.53. The van der Waals surface area contributed by atoms with E-state index >= 15 is 0 Å². The number of nitrogens with zero attached hydrogens (tertiary/aromatic N) is 2. The summed E-state index contributed by atoms with van der Waals surface area (Å²) in [7, 11) is 0. The van der Waals surface area contributed by atoms with Crippen molar-refractivity contribution in [1.82, 2.24) is 10.3 Å². The van der Waals surface area contributed by atoms with Crippen LogP contribution in [0.3, 0.4) is 0 Å². The van der Waals surface area contributed by atoms with Crippen LogP contribution in [0.5, 0.6) is 0 Å². The van der Waals surface area contributed by atoms with Gasteiger partial charge in [-0.1, -0.05) is 0 Å². The molecule has 0 saturated carbocycles. The lowest BCUT2D eigenvalue weighted by molar-refractivity contribution is -0.137. The Balaban J connectivity index is 1.78. The number of amides is 1. The minimum atomic E-state index is -4.63. The van der Waals surface area contributed by atoms with Crippen LogP contribution in [-0.2, 0) is 12.6 Å². The van der Waals surface area contributed by atoms with Crippen LogP contribution in [0.2, 0.25) is 0 Å². The van der Waals surface area contributed by atoms with Crippen LogP contribution < -0.4 is 20.7 Å². The van der Waals surface area contributed by atoms with Crippen LogP contribution in [0, 0.1) is 5.82 Å². The van der Waals surface area contributed by atoms with Crippen LogP contribution in [0.4, 0.5) is 34.6 Å². The summed E-state index contributed by atoms with van der Waals surface area (Å²) in [6.45, 7) is 2.24. The zero-order valence-electron chi connectivity index (χ0n) is 18.0. The van der Waals surface area contributed by atoms with E-state index in [1.54, 1.807) is 11.0 Å². The quantitative estimate of drug-likeness (QED) is 0.473. The molecule has 6 nitrogen and oxygen atoms in total. The number of benzene rings is 2. The van der Waals surface area contributed by atoms with Crippen molar-refractivity contribution in [3.8, 4) is 0 Å². The number of hydrogen-bond donors (Lipinski definition) is 2. The number of nitrogens with one attached hydrogen (secondary N) is 2. The third kappa shape index (κ3) is 3.73. The van der Waals surface area contributed by atoms with Crippen LogP contribution in [0.1, 0.15) is 40.1 Å². The second kappa shape index (κ2) is 7.98. The first-order valence-corrected chi connectivity index (χ1v) is 10.7. The molecule has 1 unspecified atom stereocenters. The highest BCUT2D eigenvalue weighted by Crippen LogP contribution is 2.42. The largest absolute Gasteiger partial charge is 0.416 e. The molecule has 1 atom stereocenters. The summed E-state index contributed by atoms with van der Waals surface area (Å²) in [6, 6.07) is 9.72. The van der Waals surface area contributed by atoms with Gasteiger partial charge in [-0.15, -0.1) is 0 Å². The number of anilines is 3. The average molecular weight is 472 g/mol. The van der Waals surface area contributed by atoms with Crippen molar-refractivity contribution in [2.75, 3.05) is 23.0 Å². The summed E-state index contributed by atoms with van der Waals surface area (Å²) in [5, 5.41) is 3.30. The molecule has 2 N–H and O–H groups in total. The van der Waals surface area contributed by atoms with Gasteiger partial charge in [0.05, 0.1) is 22.5 Å². The van der Waals surface area contributed by atoms with E-state index in [2.05, 4.69) is 10.3 Å². The van der Waals surface area contributed by atoms with E-state index in [0.29, 0.717) is 41.3 Å². The minimum absolute atomic E-state index is 0.0262. The first kappa shape index (κ1) is 22.1. The molecule has 5 rings (SSSR count). The van der Waals surface area contributed by atoms with E-state index in [1.165, 1.54) is 35.2 Å². The van der Waals surface area contributed by atoms with Crippen LogP contribution in [0.15, 0.2) is 53.3 Å². The second-order valence-corrected chi connectivity index (χ2v) is 8.35. The van der Waals surface area contributed by atoms with Crippen molar-refractivity contribution in [2.24, 2.45) is 0 Å². The van der Waals surface area contributed by atoms with Crippen molar-refractivity contribution in [2.45, 2.75) is 25.6 Å². The third-order valence-electron chi connectivity index (χ3n) is 6.21. The van der Waals surface area contributed by atoms with E-state index in [9.17, 15) is 27.2 Å². The van der Waals surface area contributed by atoms with E-state index in [1.807, 2.05) is 6.92 Å². The molecule has 10 heteroatoms. The maximum atomic E-state index is 14.2. The number of carbonyl (C=O) groups excluding carboxylic acids is 1. The van der Waals surface area contributed by atoms with Crippen molar-refractivity contribution >= 4 is 23.0 Å². The molecule has 2 aromatic carbocycles. The van der Waals surface area contributed by atoms with Gasteiger partial charge in [-0.05, 0) is 55.0 Å². The lowest BCUT2D eigenvalue weighted by atomic mass is 10.00. The van der Waals surface area contributed by atoms with Crippen LogP contribution >= 0.6 is 0 Å². The van der Waals surface area contributed by atoms with Gasteiger partial charge >= 0.3 is 6.18 Å².